The van der Waals surface area contributed by atoms with Gasteiger partial charge in [0.1, 0.15) is 11.5 Å². The highest BCUT2D eigenvalue weighted by Crippen LogP contribution is 2.16. The van der Waals surface area contributed by atoms with E-state index in [0.29, 0.717) is 0 Å². The molecular formula is C15H19NO2S. The molecule has 0 fully saturated rings. The maximum Gasteiger partial charge on any atom is 0.120 e. The van der Waals surface area contributed by atoms with Crippen molar-refractivity contribution in [3.05, 3.63) is 53.5 Å². The second kappa shape index (κ2) is 6.17. The van der Waals surface area contributed by atoms with Gasteiger partial charge in [0.15, 0.2) is 0 Å². The molecule has 0 amide bonds. The first-order chi connectivity index (χ1) is 9.06. The van der Waals surface area contributed by atoms with Crippen molar-refractivity contribution in [1.82, 2.24) is 5.32 Å². The molecule has 0 unspecified atom stereocenters. The largest absolute Gasteiger partial charge is 0.465 e. The van der Waals surface area contributed by atoms with Crippen LogP contribution in [0.4, 0.5) is 0 Å². The van der Waals surface area contributed by atoms with E-state index in [9.17, 15) is 4.21 Å². The Bertz CT molecular complexity index is 560. The lowest BCUT2D eigenvalue weighted by molar-refractivity contribution is 0.416. The molecule has 0 aliphatic heterocycles. The third kappa shape index (κ3) is 3.78. The number of rotatable bonds is 5. The molecule has 2 aromatic rings. The molecule has 2 rings (SSSR count). The van der Waals surface area contributed by atoms with Crippen molar-refractivity contribution in [2.45, 2.75) is 31.3 Å². The normalized spacial score (nSPS) is 14.3. The highest BCUT2D eigenvalue weighted by Gasteiger charge is 2.08. The summed E-state index contributed by atoms with van der Waals surface area (Å²) in [7, 11) is -0.912. The van der Waals surface area contributed by atoms with Gasteiger partial charge in [0.05, 0.1) is 6.04 Å². The van der Waals surface area contributed by atoms with Crippen molar-refractivity contribution in [2.24, 2.45) is 0 Å². The quantitative estimate of drug-likeness (QED) is 0.912. The fraction of sp³-hybridized carbons (Fsp3) is 0.333. The van der Waals surface area contributed by atoms with E-state index in [1.54, 1.807) is 6.26 Å². The van der Waals surface area contributed by atoms with Gasteiger partial charge >= 0.3 is 0 Å². The lowest BCUT2D eigenvalue weighted by Crippen LogP contribution is -2.17. The predicted molar refractivity (Wildman–Crippen MR) is 77.5 cm³/mol. The SMILES string of the molecule is Cc1ccc([C@@H](C)NCc2ccc([S@@](C)=O)cc2)o1. The summed E-state index contributed by atoms with van der Waals surface area (Å²) in [5.41, 5.74) is 1.17. The Morgan fingerprint density at radius 1 is 1.21 bits per heavy atom. The summed E-state index contributed by atoms with van der Waals surface area (Å²) in [5, 5.41) is 3.41. The minimum atomic E-state index is -0.912. The van der Waals surface area contributed by atoms with Crippen LogP contribution in [-0.4, -0.2) is 10.5 Å². The Morgan fingerprint density at radius 3 is 2.42 bits per heavy atom. The van der Waals surface area contributed by atoms with Crippen molar-refractivity contribution < 1.29 is 8.63 Å². The molecule has 1 aromatic carbocycles. The standard InChI is InChI=1S/C15H19NO2S/c1-11-4-9-15(18-11)12(2)16-10-13-5-7-14(8-6-13)19(3)17/h4-9,12,16H,10H2,1-3H3/t12-,19-/m1/s1. The third-order valence-corrected chi connectivity index (χ3v) is 3.99. The van der Waals surface area contributed by atoms with Gasteiger partial charge in [0, 0.05) is 28.5 Å². The van der Waals surface area contributed by atoms with Gasteiger partial charge in [-0.1, -0.05) is 12.1 Å². The van der Waals surface area contributed by atoms with Gasteiger partial charge in [-0.2, -0.15) is 0 Å². The highest BCUT2D eigenvalue weighted by molar-refractivity contribution is 7.84. The minimum absolute atomic E-state index is 0.175. The number of nitrogens with one attached hydrogen (secondary N) is 1. The van der Waals surface area contributed by atoms with Crippen LogP contribution in [0.15, 0.2) is 45.7 Å². The van der Waals surface area contributed by atoms with E-state index in [2.05, 4.69) is 12.2 Å². The van der Waals surface area contributed by atoms with Gasteiger partial charge < -0.3 is 9.73 Å². The lowest BCUT2D eigenvalue weighted by Gasteiger charge is -2.11. The molecule has 3 nitrogen and oxygen atoms in total. The van der Waals surface area contributed by atoms with Crippen LogP contribution in [0.5, 0.6) is 0 Å². The van der Waals surface area contributed by atoms with Crippen molar-refractivity contribution in [1.29, 1.82) is 0 Å². The van der Waals surface area contributed by atoms with E-state index < -0.39 is 10.8 Å². The van der Waals surface area contributed by atoms with Crippen LogP contribution in [0.25, 0.3) is 0 Å². The molecule has 2 atom stereocenters. The Kier molecular flexibility index (Phi) is 4.56. The number of aryl methyl sites for hydroxylation is 1. The fourth-order valence-corrected chi connectivity index (χ4v) is 2.38. The average molecular weight is 277 g/mol. The summed E-state index contributed by atoms with van der Waals surface area (Å²) in [5.74, 6) is 1.88. The van der Waals surface area contributed by atoms with Crippen LogP contribution >= 0.6 is 0 Å². The molecule has 0 bridgehead atoms. The Labute approximate surface area is 116 Å². The molecule has 1 N–H and O–H groups in total. The Balaban J connectivity index is 1.93. The average Bonchev–Trinajstić information content (AvgIpc) is 2.83. The zero-order chi connectivity index (χ0) is 13.8. The van der Waals surface area contributed by atoms with Gasteiger partial charge in [-0.15, -0.1) is 0 Å². The smallest absolute Gasteiger partial charge is 0.120 e. The predicted octanol–water partition coefficient (Wildman–Crippen LogP) is 3.18. The molecule has 4 heteroatoms. The van der Waals surface area contributed by atoms with E-state index in [0.717, 1.165) is 23.0 Å². The first kappa shape index (κ1) is 14.0. The van der Waals surface area contributed by atoms with E-state index in [-0.39, 0.29) is 6.04 Å². The molecule has 0 spiro atoms. The summed E-state index contributed by atoms with van der Waals surface area (Å²) in [6.07, 6.45) is 1.69. The molecule has 0 aliphatic carbocycles. The molecule has 102 valence electrons. The molecule has 0 aliphatic rings. The number of furan rings is 1. The van der Waals surface area contributed by atoms with Crippen LogP contribution in [0.3, 0.4) is 0 Å². The van der Waals surface area contributed by atoms with E-state index >= 15 is 0 Å². The first-order valence-corrected chi connectivity index (χ1v) is 7.84. The zero-order valence-corrected chi connectivity index (χ0v) is 12.3. The topological polar surface area (TPSA) is 42.2 Å². The summed E-state index contributed by atoms with van der Waals surface area (Å²) < 4.78 is 16.9. The minimum Gasteiger partial charge on any atom is -0.465 e. The second-order valence-electron chi connectivity index (χ2n) is 4.65. The van der Waals surface area contributed by atoms with E-state index in [4.69, 9.17) is 4.42 Å². The van der Waals surface area contributed by atoms with Crippen LogP contribution in [0.2, 0.25) is 0 Å². The first-order valence-electron chi connectivity index (χ1n) is 6.28. The highest BCUT2D eigenvalue weighted by atomic mass is 32.2. The Hall–Kier alpha value is -1.39. The monoisotopic (exact) mass is 277 g/mol. The van der Waals surface area contributed by atoms with Gasteiger partial charge in [-0.25, -0.2) is 0 Å². The van der Waals surface area contributed by atoms with E-state index in [1.807, 2.05) is 43.3 Å². The molecule has 0 radical (unpaired) electrons. The summed E-state index contributed by atoms with van der Waals surface area (Å²) in [6.45, 7) is 4.78. The summed E-state index contributed by atoms with van der Waals surface area (Å²) in [6, 6.07) is 12.0. The number of benzene rings is 1. The number of hydrogen-bond acceptors (Lipinski definition) is 3. The molecule has 1 heterocycles. The summed E-state index contributed by atoms with van der Waals surface area (Å²) >= 11 is 0. The molecular weight excluding hydrogens is 258 g/mol. The van der Waals surface area contributed by atoms with Gasteiger partial charge in [-0.05, 0) is 43.7 Å². The maximum absolute atomic E-state index is 11.3. The van der Waals surface area contributed by atoms with E-state index in [1.165, 1.54) is 5.56 Å². The van der Waals surface area contributed by atoms with Crippen LogP contribution in [0.1, 0.15) is 30.0 Å². The van der Waals surface area contributed by atoms with Crippen LogP contribution < -0.4 is 5.32 Å². The van der Waals surface area contributed by atoms with Crippen LogP contribution in [0, 0.1) is 6.92 Å². The van der Waals surface area contributed by atoms with Crippen molar-refractivity contribution in [3.63, 3.8) is 0 Å². The maximum atomic E-state index is 11.3. The van der Waals surface area contributed by atoms with Gasteiger partial charge in [-0.3, -0.25) is 4.21 Å². The molecule has 19 heavy (non-hydrogen) atoms. The van der Waals surface area contributed by atoms with Gasteiger partial charge in [0.2, 0.25) is 0 Å². The van der Waals surface area contributed by atoms with Gasteiger partial charge in [0.25, 0.3) is 0 Å². The number of hydrogen-bond donors (Lipinski definition) is 1. The van der Waals surface area contributed by atoms with Crippen LogP contribution in [-0.2, 0) is 17.3 Å². The molecule has 0 saturated carbocycles. The van der Waals surface area contributed by atoms with Crippen molar-refractivity contribution in [3.8, 4) is 0 Å². The summed E-state index contributed by atoms with van der Waals surface area (Å²) in [4.78, 5) is 0.860. The molecule has 0 saturated heterocycles. The second-order valence-corrected chi connectivity index (χ2v) is 6.03. The Morgan fingerprint density at radius 2 is 1.89 bits per heavy atom. The lowest BCUT2D eigenvalue weighted by atomic mass is 10.2. The van der Waals surface area contributed by atoms with Crippen molar-refractivity contribution >= 4 is 10.8 Å². The van der Waals surface area contributed by atoms with Crippen molar-refractivity contribution in [2.75, 3.05) is 6.26 Å². The molecule has 1 aromatic heterocycles. The third-order valence-electron chi connectivity index (χ3n) is 3.06. The zero-order valence-electron chi connectivity index (χ0n) is 11.5. The fourth-order valence-electron chi connectivity index (χ4n) is 1.86.